The SMILES string of the molecule is O=C(CC1(O)C(=O)N(CCOc2ccccc2)c2ccccc21)c1ccco1. The van der Waals surface area contributed by atoms with Gasteiger partial charge in [-0.25, -0.2) is 0 Å². The van der Waals surface area contributed by atoms with Crippen molar-refractivity contribution in [3.63, 3.8) is 0 Å². The third-order valence-corrected chi connectivity index (χ3v) is 4.78. The number of amides is 1. The summed E-state index contributed by atoms with van der Waals surface area (Å²) in [6.07, 6.45) is 1.00. The zero-order chi connectivity index (χ0) is 19.6. The van der Waals surface area contributed by atoms with Crippen LogP contribution >= 0.6 is 0 Å². The van der Waals surface area contributed by atoms with Crippen LogP contribution in [0.2, 0.25) is 0 Å². The summed E-state index contributed by atoms with van der Waals surface area (Å²) in [6, 6.07) is 19.3. The van der Waals surface area contributed by atoms with Crippen LogP contribution in [0.15, 0.2) is 77.4 Å². The second-order valence-electron chi connectivity index (χ2n) is 6.57. The van der Waals surface area contributed by atoms with Crippen LogP contribution in [0, 0.1) is 0 Å². The summed E-state index contributed by atoms with van der Waals surface area (Å²) >= 11 is 0. The monoisotopic (exact) mass is 377 g/mol. The van der Waals surface area contributed by atoms with Gasteiger partial charge in [0, 0.05) is 5.56 Å². The number of benzene rings is 2. The topological polar surface area (TPSA) is 80.0 Å². The van der Waals surface area contributed by atoms with E-state index in [1.165, 1.54) is 17.2 Å². The molecule has 6 heteroatoms. The number of carbonyl (C=O) groups is 2. The summed E-state index contributed by atoms with van der Waals surface area (Å²) in [6.45, 7) is 0.508. The van der Waals surface area contributed by atoms with Crippen LogP contribution in [0.4, 0.5) is 5.69 Å². The van der Waals surface area contributed by atoms with Gasteiger partial charge in [0.25, 0.3) is 5.91 Å². The molecule has 1 aromatic heterocycles. The molecule has 28 heavy (non-hydrogen) atoms. The molecule has 1 N–H and O–H groups in total. The number of furan rings is 1. The van der Waals surface area contributed by atoms with E-state index in [1.54, 1.807) is 30.3 Å². The van der Waals surface area contributed by atoms with Crippen LogP contribution in [0.5, 0.6) is 5.75 Å². The van der Waals surface area contributed by atoms with Crippen molar-refractivity contribution in [1.82, 2.24) is 0 Å². The molecule has 1 aliphatic heterocycles. The van der Waals surface area contributed by atoms with Gasteiger partial charge in [-0.2, -0.15) is 0 Å². The highest BCUT2D eigenvalue weighted by Crippen LogP contribution is 2.42. The van der Waals surface area contributed by atoms with Gasteiger partial charge < -0.3 is 19.2 Å². The number of anilines is 1. The smallest absolute Gasteiger partial charge is 0.264 e. The predicted octanol–water partition coefficient (Wildman–Crippen LogP) is 3.17. The fraction of sp³-hybridized carbons (Fsp3) is 0.182. The van der Waals surface area contributed by atoms with E-state index in [4.69, 9.17) is 9.15 Å². The molecule has 0 spiro atoms. The molecule has 1 atom stereocenters. The first kappa shape index (κ1) is 18.0. The second kappa shape index (κ2) is 7.32. The van der Waals surface area contributed by atoms with E-state index in [9.17, 15) is 14.7 Å². The average molecular weight is 377 g/mol. The fourth-order valence-electron chi connectivity index (χ4n) is 3.43. The number of hydrogen-bond donors (Lipinski definition) is 1. The van der Waals surface area contributed by atoms with Crippen LogP contribution in [0.25, 0.3) is 0 Å². The van der Waals surface area contributed by atoms with Crippen LogP contribution in [0.1, 0.15) is 22.5 Å². The quantitative estimate of drug-likeness (QED) is 0.640. The summed E-state index contributed by atoms with van der Waals surface area (Å²) in [5.74, 6) is -0.154. The van der Waals surface area contributed by atoms with E-state index in [0.29, 0.717) is 17.0 Å². The molecule has 0 saturated heterocycles. The Hall–Kier alpha value is -3.38. The van der Waals surface area contributed by atoms with Crippen LogP contribution in [0.3, 0.4) is 0 Å². The van der Waals surface area contributed by atoms with Crippen molar-refractivity contribution in [3.05, 3.63) is 84.3 Å². The van der Waals surface area contributed by atoms with Gasteiger partial charge in [0.2, 0.25) is 5.78 Å². The highest BCUT2D eigenvalue weighted by molar-refractivity contribution is 6.10. The average Bonchev–Trinajstić information content (AvgIpc) is 3.32. The Bertz CT molecular complexity index is 983. The zero-order valence-corrected chi connectivity index (χ0v) is 15.1. The molecule has 1 aliphatic rings. The molecule has 1 unspecified atom stereocenters. The number of carbonyl (C=O) groups excluding carboxylic acids is 2. The van der Waals surface area contributed by atoms with Crippen LogP contribution < -0.4 is 9.64 Å². The molecular formula is C22H19NO5. The lowest BCUT2D eigenvalue weighted by molar-refractivity contribution is -0.136. The van der Waals surface area contributed by atoms with Gasteiger partial charge in [0.15, 0.2) is 11.4 Å². The summed E-state index contributed by atoms with van der Waals surface area (Å²) in [4.78, 5) is 27.0. The van der Waals surface area contributed by atoms with Crippen molar-refractivity contribution in [2.45, 2.75) is 12.0 Å². The lowest BCUT2D eigenvalue weighted by Crippen LogP contribution is -2.43. The van der Waals surface area contributed by atoms with Gasteiger partial charge in [0.05, 0.1) is 24.9 Å². The maximum absolute atomic E-state index is 13.1. The maximum atomic E-state index is 13.1. The molecule has 3 aromatic rings. The number of Topliss-reactive ketones (excluding diaryl/α,β-unsaturated/α-hetero) is 1. The molecule has 4 rings (SSSR count). The number of ketones is 1. The number of ether oxygens (including phenoxy) is 1. The number of fused-ring (bicyclic) bond motifs is 1. The van der Waals surface area contributed by atoms with Crippen molar-refractivity contribution in [1.29, 1.82) is 0 Å². The minimum Gasteiger partial charge on any atom is -0.492 e. The first-order valence-electron chi connectivity index (χ1n) is 8.98. The Morgan fingerprint density at radius 2 is 1.79 bits per heavy atom. The van der Waals surface area contributed by atoms with Crippen molar-refractivity contribution in [3.8, 4) is 5.75 Å². The van der Waals surface area contributed by atoms with Crippen molar-refractivity contribution >= 4 is 17.4 Å². The van der Waals surface area contributed by atoms with Crippen LogP contribution in [-0.4, -0.2) is 29.9 Å². The Kier molecular flexibility index (Phi) is 4.71. The minimum absolute atomic E-state index is 0.115. The molecule has 1 amide bonds. The molecule has 6 nitrogen and oxygen atoms in total. The van der Waals surface area contributed by atoms with Crippen molar-refractivity contribution in [2.24, 2.45) is 0 Å². The summed E-state index contributed by atoms with van der Waals surface area (Å²) < 4.78 is 10.8. The largest absolute Gasteiger partial charge is 0.492 e. The molecule has 0 saturated carbocycles. The number of para-hydroxylation sites is 2. The molecule has 0 radical (unpaired) electrons. The minimum atomic E-state index is -1.92. The highest BCUT2D eigenvalue weighted by Gasteiger charge is 2.50. The summed E-state index contributed by atoms with van der Waals surface area (Å²) in [5.41, 5.74) is -0.925. The molecule has 2 aromatic carbocycles. The van der Waals surface area contributed by atoms with E-state index >= 15 is 0 Å². The standard InChI is InChI=1S/C22H19NO5/c24-19(20-11-6-13-28-20)15-22(26)17-9-4-5-10-18(17)23(21(22)25)12-14-27-16-7-2-1-3-8-16/h1-11,13,26H,12,14-15H2. The van der Waals surface area contributed by atoms with Crippen molar-refractivity contribution < 1.29 is 23.8 Å². The molecule has 0 aliphatic carbocycles. The van der Waals surface area contributed by atoms with E-state index in [-0.39, 0.29) is 25.3 Å². The zero-order valence-electron chi connectivity index (χ0n) is 15.1. The van der Waals surface area contributed by atoms with E-state index in [2.05, 4.69) is 0 Å². The van der Waals surface area contributed by atoms with E-state index in [1.807, 2.05) is 30.3 Å². The summed E-state index contributed by atoms with van der Waals surface area (Å²) in [5, 5.41) is 11.2. The Labute approximate surface area is 162 Å². The van der Waals surface area contributed by atoms with Gasteiger partial charge in [-0.15, -0.1) is 0 Å². The van der Waals surface area contributed by atoms with Crippen LogP contribution in [-0.2, 0) is 10.4 Å². The predicted molar refractivity (Wildman–Crippen MR) is 102 cm³/mol. The normalized spacial score (nSPS) is 18.2. The second-order valence-corrected chi connectivity index (χ2v) is 6.57. The maximum Gasteiger partial charge on any atom is 0.264 e. The van der Waals surface area contributed by atoms with Gasteiger partial charge >= 0.3 is 0 Å². The van der Waals surface area contributed by atoms with E-state index < -0.39 is 17.3 Å². The fourth-order valence-corrected chi connectivity index (χ4v) is 3.43. The van der Waals surface area contributed by atoms with E-state index in [0.717, 1.165) is 0 Å². The highest BCUT2D eigenvalue weighted by atomic mass is 16.5. The van der Waals surface area contributed by atoms with Gasteiger partial charge in [-0.1, -0.05) is 36.4 Å². The third kappa shape index (κ3) is 3.18. The Balaban J connectivity index is 1.54. The lowest BCUT2D eigenvalue weighted by atomic mass is 9.89. The first-order valence-corrected chi connectivity index (χ1v) is 8.98. The molecule has 2 heterocycles. The number of rotatable bonds is 7. The number of nitrogens with zero attached hydrogens (tertiary/aromatic N) is 1. The Morgan fingerprint density at radius 1 is 1.04 bits per heavy atom. The number of aliphatic hydroxyl groups is 1. The molecule has 142 valence electrons. The lowest BCUT2D eigenvalue weighted by Gasteiger charge is -2.22. The number of hydrogen-bond acceptors (Lipinski definition) is 5. The van der Waals surface area contributed by atoms with Crippen molar-refractivity contribution in [2.75, 3.05) is 18.1 Å². The molecule has 0 fully saturated rings. The van der Waals surface area contributed by atoms with Gasteiger partial charge in [0.1, 0.15) is 12.4 Å². The first-order chi connectivity index (χ1) is 13.6. The van der Waals surface area contributed by atoms with Gasteiger partial charge in [-0.05, 0) is 30.3 Å². The molecular weight excluding hydrogens is 358 g/mol. The third-order valence-electron chi connectivity index (χ3n) is 4.78. The Morgan fingerprint density at radius 3 is 2.54 bits per heavy atom. The summed E-state index contributed by atoms with van der Waals surface area (Å²) in [7, 11) is 0. The molecule has 0 bridgehead atoms. The van der Waals surface area contributed by atoms with Gasteiger partial charge in [-0.3, -0.25) is 9.59 Å².